The van der Waals surface area contributed by atoms with Gasteiger partial charge in [-0.3, -0.25) is 14.9 Å². The number of nitro benzene ring substituents is 1. The molecular weight excluding hydrogens is 332 g/mol. The van der Waals surface area contributed by atoms with Crippen LogP contribution in [-0.2, 0) is 9.53 Å². The van der Waals surface area contributed by atoms with Crippen molar-refractivity contribution in [3.05, 3.63) is 37.8 Å². The van der Waals surface area contributed by atoms with Crippen LogP contribution in [0.25, 0.3) is 0 Å². The summed E-state index contributed by atoms with van der Waals surface area (Å²) in [7, 11) is 0. The highest BCUT2D eigenvalue weighted by molar-refractivity contribution is 9.10. The fourth-order valence-corrected chi connectivity index (χ4v) is 1.88. The molecule has 108 valence electrons. The van der Waals surface area contributed by atoms with Gasteiger partial charge in [-0.1, -0.05) is 15.9 Å². The molecule has 1 aromatic carbocycles. The molecule has 0 atom stereocenters. The summed E-state index contributed by atoms with van der Waals surface area (Å²) in [6, 6.07) is 2.63. The molecule has 1 N–H and O–H groups in total. The van der Waals surface area contributed by atoms with E-state index in [2.05, 4.69) is 21.2 Å². The standard InChI is InChI=1S/C12H13BrN2O5/c1-7-10(13)5-9(6-11(7)15(18)19)12(17)20-4-3-14-8(2)16/h5-6H,3-4H2,1-2H3,(H,14,16). The molecule has 0 saturated carbocycles. The fraction of sp³-hybridized carbons (Fsp3) is 0.333. The zero-order valence-electron chi connectivity index (χ0n) is 10.9. The Morgan fingerprint density at radius 1 is 1.45 bits per heavy atom. The third-order valence-electron chi connectivity index (χ3n) is 2.46. The molecule has 0 fully saturated rings. The van der Waals surface area contributed by atoms with E-state index < -0.39 is 10.9 Å². The van der Waals surface area contributed by atoms with E-state index in [1.165, 1.54) is 19.1 Å². The van der Waals surface area contributed by atoms with Crippen LogP contribution in [0, 0.1) is 17.0 Å². The van der Waals surface area contributed by atoms with Gasteiger partial charge in [-0.15, -0.1) is 0 Å². The Morgan fingerprint density at radius 3 is 2.65 bits per heavy atom. The summed E-state index contributed by atoms with van der Waals surface area (Å²) in [5, 5.41) is 13.3. The molecule has 8 heteroatoms. The van der Waals surface area contributed by atoms with Crippen LogP contribution in [0.5, 0.6) is 0 Å². The van der Waals surface area contributed by atoms with Crippen LogP contribution in [0.3, 0.4) is 0 Å². The molecule has 1 amide bonds. The predicted molar refractivity (Wildman–Crippen MR) is 74.5 cm³/mol. The Morgan fingerprint density at radius 2 is 2.10 bits per heavy atom. The number of nitrogens with one attached hydrogen (secondary N) is 1. The molecule has 0 aliphatic heterocycles. The molecule has 7 nitrogen and oxygen atoms in total. The summed E-state index contributed by atoms with van der Waals surface area (Å²) in [6.07, 6.45) is 0. The van der Waals surface area contributed by atoms with Gasteiger partial charge in [0.2, 0.25) is 5.91 Å². The molecule has 0 heterocycles. The predicted octanol–water partition coefficient (Wildman–Crippen LogP) is 1.96. The van der Waals surface area contributed by atoms with Crippen LogP contribution < -0.4 is 5.32 Å². The second kappa shape index (κ2) is 6.99. The quantitative estimate of drug-likeness (QED) is 0.381. The SMILES string of the molecule is CC(=O)NCCOC(=O)c1cc(Br)c(C)c([N+](=O)[O-])c1. The summed E-state index contributed by atoms with van der Waals surface area (Å²) in [5.41, 5.74) is 0.356. The Kier molecular flexibility index (Phi) is 5.63. The van der Waals surface area contributed by atoms with Crippen molar-refractivity contribution >= 4 is 33.5 Å². The molecule has 0 aromatic heterocycles. The van der Waals surface area contributed by atoms with Crippen molar-refractivity contribution in [2.75, 3.05) is 13.2 Å². The number of halogens is 1. The number of amides is 1. The Labute approximate surface area is 123 Å². The summed E-state index contributed by atoms with van der Waals surface area (Å²) >= 11 is 3.17. The average molecular weight is 345 g/mol. The van der Waals surface area contributed by atoms with Gasteiger partial charge in [-0.2, -0.15) is 0 Å². The molecule has 0 bridgehead atoms. The monoisotopic (exact) mass is 344 g/mol. The molecule has 1 rings (SSSR count). The van der Waals surface area contributed by atoms with Gasteiger partial charge in [-0.25, -0.2) is 4.79 Å². The van der Waals surface area contributed by atoms with E-state index in [1.807, 2.05) is 0 Å². The molecule has 0 radical (unpaired) electrons. The molecular formula is C12H13BrN2O5. The van der Waals surface area contributed by atoms with Gasteiger partial charge in [-0.05, 0) is 13.0 Å². The van der Waals surface area contributed by atoms with Crippen molar-refractivity contribution < 1.29 is 19.2 Å². The maximum absolute atomic E-state index is 11.7. The molecule has 20 heavy (non-hydrogen) atoms. The summed E-state index contributed by atoms with van der Waals surface area (Å²) in [6.45, 7) is 3.12. The van der Waals surface area contributed by atoms with E-state index in [0.29, 0.717) is 10.0 Å². The highest BCUT2D eigenvalue weighted by Gasteiger charge is 2.19. The minimum atomic E-state index is -0.681. The first-order valence-electron chi connectivity index (χ1n) is 5.69. The Hall–Kier alpha value is -1.96. The van der Waals surface area contributed by atoms with E-state index in [9.17, 15) is 19.7 Å². The normalized spacial score (nSPS) is 9.95. The van der Waals surface area contributed by atoms with Gasteiger partial charge in [0.1, 0.15) is 6.61 Å². The van der Waals surface area contributed by atoms with E-state index in [-0.39, 0.29) is 30.3 Å². The zero-order chi connectivity index (χ0) is 15.3. The first-order valence-corrected chi connectivity index (χ1v) is 6.48. The Bertz CT molecular complexity index is 559. The van der Waals surface area contributed by atoms with Crippen molar-refractivity contribution in [3.63, 3.8) is 0 Å². The fourth-order valence-electron chi connectivity index (χ4n) is 1.43. The second-order valence-electron chi connectivity index (χ2n) is 3.98. The summed E-state index contributed by atoms with van der Waals surface area (Å²) in [4.78, 5) is 32.7. The zero-order valence-corrected chi connectivity index (χ0v) is 12.5. The highest BCUT2D eigenvalue weighted by Crippen LogP contribution is 2.28. The lowest BCUT2D eigenvalue weighted by molar-refractivity contribution is -0.385. The maximum atomic E-state index is 11.7. The van der Waals surface area contributed by atoms with Crippen LogP contribution in [-0.4, -0.2) is 30.0 Å². The number of esters is 1. The van der Waals surface area contributed by atoms with Gasteiger partial charge in [0.05, 0.1) is 17.0 Å². The number of benzene rings is 1. The number of carbonyl (C=O) groups excluding carboxylic acids is 2. The summed E-state index contributed by atoms with van der Waals surface area (Å²) in [5.74, 6) is -0.908. The van der Waals surface area contributed by atoms with Gasteiger partial charge >= 0.3 is 5.97 Å². The Balaban J connectivity index is 2.78. The number of nitrogens with zero attached hydrogens (tertiary/aromatic N) is 1. The van der Waals surface area contributed by atoms with E-state index in [4.69, 9.17) is 4.74 Å². The van der Waals surface area contributed by atoms with Crippen molar-refractivity contribution in [1.82, 2.24) is 5.32 Å². The third kappa shape index (κ3) is 4.30. The molecule has 1 aromatic rings. The van der Waals surface area contributed by atoms with Crippen molar-refractivity contribution in [3.8, 4) is 0 Å². The maximum Gasteiger partial charge on any atom is 0.338 e. The summed E-state index contributed by atoms with van der Waals surface area (Å²) < 4.78 is 5.37. The second-order valence-corrected chi connectivity index (χ2v) is 4.83. The minimum Gasteiger partial charge on any atom is -0.460 e. The number of hydrogen-bond donors (Lipinski definition) is 1. The van der Waals surface area contributed by atoms with Crippen LogP contribution in [0.2, 0.25) is 0 Å². The lowest BCUT2D eigenvalue weighted by atomic mass is 10.1. The number of hydrogen-bond acceptors (Lipinski definition) is 5. The van der Waals surface area contributed by atoms with Crippen molar-refractivity contribution in [1.29, 1.82) is 0 Å². The average Bonchev–Trinajstić information content (AvgIpc) is 2.36. The molecule has 0 saturated heterocycles. The number of rotatable bonds is 5. The molecule has 0 aliphatic rings. The number of nitro groups is 1. The molecule has 0 unspecified atom stereocenters. The van der Waals surface area contributed by atoms with Crippen LogP contribution >= 0.6 is 15.9 Å². The minimum absolute atomic E-state index is 0.00228. The smallest absolute Gasteiger partial charge is 0.338 e. The van der Waals surface area contributed by atoms with Crippen LogP contribution in [0.4, 0.5) is 5.69 Å². The van der Waals surface area contributed by atoms with E-state index >= 15 is 0 Å². The van der Waals surface area contributed by atoms with Gasteiger partial charge in [0.15, 0.2) is 0 Å². The van der Waals surface area contributed by atoms with E-state index in [1.54, 1.807) is 6.92 Å². The number of carbonyl (C=O) groups is 2. The van der Waals surface area contributed by atoms with Crippen molar-refractivity contribution in [2.45, 2.75) is 13.8 Å². The van der Waals surface area contributed by atoms with Crippen molar-refractivity contribution in [2.24, 2.45) is 0 Å². The lowest BCUT2D eigenvalue weighted by Gasteiger charge is -2.07. The van der Waals surface area contributed by atoms with Gasteiger partial charge in [0.25, 0.3) is 5.69 Å². The largest absolute Gasteiger partial charge is 0.460 e. The number of ether oxygens (including phenoxy) is 1. The first kappa shape index (κ1) is 16.1. The van der Waals surface area contributed by atoms with Gasteiger partial charge < -0.3 is 10.1 Å². The topological polar surface area (TPSA) is 98.5 Å². The van der Waals surface area contributed by atoms with Crippen LogP contribution in [0.1, 0.15) is 22.8 Å². The lowest BCUT2D eigenvalue weighted by Crippen LogP contribution is -2.25. The van der Waals surface area contributed by atoms with Gasteiger partial charge in [0, 0.05) is 23.0 Å². The first-order chi connectivity index (χ1) is 9.32. The molecule has 0 spiro atoms. The third-order valence-corrected chi connectivity index (χ3v) is 3.28. The van der Waals surface area contributed by atoms with E-state index in [0.717, 1.165) is 0 Å². The highest BCUT2D eigenvalue weighted by atomic mass is 79.9. The molecule has 0 aliphatic carbocycles. The van der Waals surface area contributed by atoms with Crippen LogP contribution in [0.15, 0.2) is 16.6 Å².